The van der Waals surface area contributed by atoms with Gasteiger partial charge in [0.25, 0.3) is 0 Å². The van der Waals surface area contributed by atoms with E-state index < -0.39 is 0 Å². The van der Waals surface area contributed by atoms with Gasteiger partial charge in [0.1, 0.15) is 0 Å². The second-order valence-corrected chi connectivity index (χ2v) is 2.71. The van der Waals surface area contributed by atoms with Crippen molar-refractivity contribution in [3.05, 3.63) is 60.1 Å². The highest BCUT2D eigenvalue weighted by Crippen LogP contribution is 1.90. The Morgan fingerprint density at radius 2 is 1.20 bits per heavy atom. The van der Waals surface area contributed by atoms with E-state index in [2.05, 4.69) is 0 Å². The molecule has 0 spiro atoms. The van der Waals surface area contributed by atoms with Gasteiger partial charge in [-0.15, -0.1) is 0 Å². The van der Waals surface area contributed by atoms with Crippen LogP contribution in [0.3, 0.4) is 0 Å². The number of carbonyl (C=O) groups excluding carboxylic acids is 2. The topological polar surface area (TPSA) is 61.1 Å². The van der Waals surface area contributed by atoms with E-state index in [0.29, 0.717) is 0 Å². The van der Waals surface area contributed by atoms with Gasteiger partial charge in [0, 0.05) is 12.1 Å². The molecule has 1 heterocycles. The molecular weight excluding hydrogens is 194 g/mol. The van der Waals surface area contributed by atoms with Crippen LogP contribution in [0.15, 0.2) is 54.9 Å². The second-order valence-electron chi connectivity index (χ2n) is 2.71. The van der Waals surface area contributed by atoms with Gasteiger partial charge in [0.2, 0.25) is 0 Å². The maximum Gasteiger partial charge on any atom is 0.180 e. The Balaban J connectivity index is 0.000000151. The molecule has 15 heavy (non-hydrogen) atoms. The number of hydrogen-bond acceptors (Lipinski definition) is 3. The smallest absolute Gasteiger partial charge is 0.180 e. The van der Waals surface area contributed by atoms with Crippen LogP contribution in [0.4, 0.5) is 0 Å². The normalized spacial score (nSPS) is 13.3. The number of rotatable bonds is 0. The fourth-order valence-corrected chi connectivity index (χ4v) is 0.823. The van der Waals surface area contributed by atoms with E-state index in [9.17, 15) is 14.8 Å². The number of hydrogen-bond donors (Lipinski definition) is 0. The zero-order chi connectivity index (χ0) is 11.1. The summed E-state index contributed by atoms with van der Waals surface area (Å²) in [5, 5.41) is 10.2. The average molecular weight is 203 g/mol. The summed E-state index contributed by atoms with van der Waals surface area (Å²) in [6.07, 6.45) is 7.90. The lowest BCUT2D eigenvalue weighted by molar-refractivity contribution is -0.605. The number of ketones is 2. The molecule has 0 fully saturated rings. The van der Waals surface area contributed by atoms with Crippen LogP contribution in [-0.2, 0) is 9.59 Å². The lowest BCUT2D eigenvalue weighted by Gasteiger charge is -1.88. The molecule has 0 aromatic carbocycles. The van der Waals surface area contributed by atoms with Gasteiger partial charge in [0.15, 0.2) is 24.0 Å². The number of nitrogens with zero attached hydrogens (tertiary/aromatic N) is 1. The summed E-state index contributed by atoms with van der Waals surface area (Å²) in [5.74, 6) is -0.241. The molecule has 0 N–H and O–H groups in total. The molecule has 76 valence electrons. The molecule has 1 aromatic rings. The molecule has 0 saturated heterocycles. The Morgan fingerprint density at radius 1 is 0.800 bits per heavy atom. The standard InChI is InChI=1S/C6H4O2.C5H5NO/c7-5-1-2-6(8)4-3-5;7-6-4-2-1-3-5-6/h1-4H;1-5H. The van der Waals surface area contributed by atoms with Crippen LogP contribution in [0, 0.1) is 5.21 Å². The minimum absolute atomic E-state index is 0.121. The SMILES string of the molecule is O=C1C=CC(=O)C=C1.[O-][n+]1ccccc1. The quantitative estimate of drug-likeness (QED) is 0.352. The number of aromatic nitrogens is 1. The van der Waals surface area contributed by atoms with Crippen molar-refractivity contribution < 1.29 is 14.3 Å². The van der Waals surface area contributed by atoms with Crippen molar-refractivity contribution in [1.82, 2.24) is 0 Å². The molecule has 1 aliphatic carbocycles. The highest BCUT2D eigenvalue weighted by Gasteiger charge is 1.97. The van der Waals surface area contributed by atoms with Crippen molar-refractivity contribution in [3.63, 3.8) is 0 Å². The van der Waals surface area contributed by atoms with Crippen LogP contribution in [0.2, 0.25) is 0 Å². The molecule has 0 bridgehead atoms. The van der Waals surface area contributed by atoms with E-state index >= 15 is 0 Å². The van der Waals surface area contributed by atoms with E-state index in [-0.39, 0.29) is 11.6 Å². The highest BCUT2D eigenvalue weighted by molar-refractivity contribution is 6.14. The first kappa shape index (κ1) is 10.8. The van der Waals surface area contributed by atoms with Gasteiger partial charge in [-0.2, -0.15) is 4.73 Å². The molecular formula is C11H9NO3. The summed E-state index contributed by atoms with van der Waals surface area (Å²) in [6.45, 7) is 0. The Hall–Kier alpha value is -2.23. The maximum absolute atomic E-state index is 10.3. The molecule has 1 aliphatic rings. The summed E-state index contributed by atoms with van der Waals surface area (Å²) in [7, 11) is 0. The first-order chi connectivity index (χ1) is 7.18. The van der Waals surface area contributed by atoms with Gasteiger partial charge in [-0.3, -0.25) is 9.59 Å². The number of pyridine rings is 1. The third kappa shape index (κ3) is 4.52. The molecule has 4 nitrogen and oxygen atoms in total. The lowest BCUT2D eigenvalue weighted by Crippen LogP contribution is -2.22. The summed E-state index contributed by atoms with van der Waals surface area (Å²) in [6, 6.07) is 5.18. The Bertz CT molecular complexity index is 369. The van der Waals surface area contributed by atoms with Crippen molar-refractivity contribution >= 4 is 11.6 Å². The van der Waals surface area contributed by atoms with Crippen LogP contribution in [0.25, 0.3) is 0 Å². The van der Waals surface area contributed by atoms with Crippen molar-refractivity contribution in [2.75, 3.05) is 0 Å². The average Bonchev–Trinajstić information content (AvgIpc) is 2.25. The molecule has 0 saturated carbocycles. The van der Waals surface area contributed by atoms with Gasteiger partial charge in [0.05, 0.1) is 0 Å². The van der Waals surface area contributed by atoms with Gasteiger partial charge < -0.3 is 5.21 Å². The molecule has 0 aliphatic heterocycles. The first-order valence-corrected chi connectivity index (χ1v) is 4.26. The molecule has 0 radical (unpaired) electrons. The van der Waals surface area contributed by atoms with E-state index in [1.165, 1.54) is 36.7 Å². The fraction of sp³-hybridized carbons (Fsp3) is 0. The summed E-state index contributed by atoms with van der Waals surface area (Å²) in [5.41, 5.74) is 0. The predicted molar refractivity (Wildman–Crippen MR) is 53.7 cm³/mol. The van der Waals surface area contributed by atoms with Gasteiger partial charge >= 0.3 is 0 Å². The van der Waals surface area contributed by atoms with Crippen LogP contribution in [0.1, 0.15) is 0 Å². The van der Waals surface area contributed by atoms with E-state index in [0.717, 1.165) is 4.73 Å². The Labute approximate surface area is 86.7 Å². The van der Waals surface area contributed by atoms with Crippen LogP contribution >= 0.6 is 0 Å². The second kappa shape index (κ2) is 5.49. The summed E-state index contributed by atoms with van der Waals surface area (Å²) < 4.78 is 0.750. The minimum Gasteiger partial charge on any atom is -0.619 e. The highest BCUT2D eigenvalue weighted by atomic mass is 16.5. The minimum atomic E-state index is -0.121. The van der Waals surface area contributed by atoms with E-state index in [1.807, 2.05) is 0 Å². The lowest BCUT2D eigenvalue weighted by atomic mass is 10.2. The molecule has 0 amide bonds. The third-order valence-electron chi connectivity index (χ3n) is 1.51. The summed E-state index contributed by atoms with van der Waals surface area (Å²) >= 11 is 0. The van der Waals surface area contributed by atoms with Crippen molar-refractivity contribution in [2.24, 2.45) is 0 Å². The third-order valence-corrected chi connectivity index (χ3v) is 1.51. The van der Waals surface area contributed by atoms with Gasteiger partial charge in [-0.05, 0) is 24.3 Å². The fourth-order valence-electron chi connectivity index (χ4n) is 0.823. The monoisotopic (exact) mass is 203 g/mol. The molecule has 2 rings (SSSR count). The van der Waals surface area contributed by atoms with Crippen molar-refractivity contribution in [1.29, 1.82) is 0 Å². The Morgan fingerprint density at radius 3 is 1.47 bits per heavy atom. The van der Waals surface area contributed by atoms with Crippen molar-refractivity contribution in [3.8, 4) is 0 Å². The van der Waals surface area contributed by atoms with E-state index in [4.69, 9.17) is 0 Å². The first-order valence-electron chi connectivity index (χ1n) is 4.26. The predicted octanol–water partition coefficient (Wildman–Crippen LogP) is 0.571. The van der Waals surface area contributed by atoms with E-state index in [1.54, 1.807) is 18.2 Å². The zero-order valence-electron chi connectivity index (χ0n) is 7.87. The van der Waals surface area contributed by atoms with Crippen LogP contribution < -0.4 is 4.73 Å². The van der Waals surface area contributed by atoms with Crippen molar-refractivity contribution in [2.45, 2.75) is 0 Å². The molecule has 0 atom stereocenters. The number of carbonyl (C=O) groups is 2. The number of allylic oxidation sites excluding steroid dienone is 4. The van der Waals surface area contributed by atoms with Gasteiger partial charge in [-0.25, -0.2) is 0 Å². The zero-order valence-corrected chi connectivity index (χ0v) is 7.87. The van der Waals surface area contributed by atoms with Crippen LogP contribution in [-0.4, -0.2) is 11.6 Å². The maximum atomic E-state index is 10.3. The van der Waals surface area contributed by atoms with Crippen LogP contribution in [0.5, 0.6) is 0 Å². The Kier molecular flexibility index (Phi) is 3.97. The molecule has 4 heteroatoms. The van der Waals surface area contributed by atoms with Gasteiger partial charge in [-0.1, -0.05) is 6.07 Å². The largest absolute Gasteiger partial charge is 0.619 e. The molecule has 0 unspecified atom stereocenters. The summed E-state index contributed by atoms with van der Waals surface area (Å²) in [4.78, 5) is 20.6. The molecule has 1 aromatic heterocycles.